The summed E-state index contributed by atoms with van der Waals surface area (Å²) >= 11 is 0. The summed E-state index contributed by atoms with van der Waals surface area (Å²) in [5.74, 6) is 5.59. The Morgan fingerprint density at radius 3 is 2.77 bits per heavy atom. The van der Waals surface area contributed by atoms with Gasteiger partial charge in [-0.15, -0.1) is 5.92 Å². The van der Waals surface area contributed by atoms with Gasteiger partial charge in [0.15, 0.2) is 11.6 Å². The monoisotopic (exact) mass is 442 g/mol. The lowest BCUT2D eigenvalue weighted by Gasteiger charge is -2.36. The number of carbonyl (C=O) groups is 1. The molecule has 9 heteroatoms. The van der Waals surface area contributed by atoms with Crippen LogP contribution in [0, 0.1) is 17.8 Å². The van der Waals surface area contributed by atoms with Gasteiger partial charge in [0, 0.05) is 24.3 Å². The Labute approximate surface area is 183 Å². The van der Waals surface area contributed by atoms with Gasteiger partial charge in [-0.25, -0.2) is 9.71 Å². The Morgan fingerprint density at radius 2 is 2.10 bits per heavy atom. The van der Waals surface area contributed by atoms with Gasteiger partial charge in [0.2, 0.25) is 5.88 Å². The highest BCUT2D eigenvalue weighted by Gasteiger charge is 2.40. The SMILES string of the molecule is CC#CCOc1cccc(S(=O)(=O)NC(=O)c2cccnc2N2CCC(C)C2(C)C)n1. The molecular weight excluding hydrogens is 416 g/mol. The molecule has 2 aromatic rings. The maximum atomic E-state index is 13.0. The Morgan fingerprint density at radius 1 is 1.32 bits per heavy atom. The minimum atomic E-state index is -4.21. The number of nitrogens with zero attached hydrogens (tertiary/aromatic N) is 3. The second-order valence-electron chi connectivity index (χ2n) is 7.83. The number of rotatable bonds is 6. The van der Waals surface area contributed by atoms with Gasteiger partial charge in [0.25, 0.3) is 15.9 Å². The van der Waals surface area contributed by atoms with Crippen LogP contribution in [0.3, 0.4) is 0 Å². The number of ether oxygens (including phenoxy) is 1. The number of hydrogen-bond donors (Lipinski definition) is 1. The molecule has 8 nitrogen and oxygen atoms in total. The highest BCUT2D eigenvalue weighted by Crippen LogP contribution is 2.38. The zero-order valence-electron chi connectivity index (χ0n) is 18.0. The van der Waals surface area contributed by atoms with Crippen LogP contribution < -0.4 is 14.4 Å². The molecule has 3 rings (SSSR count). The molecule has 164 valence electrons. The number of anilines is 1. The summed E-state index contributed by atoms with van der Waals surface area (Å²) in [7, 11) is -4.21. The van der Waals surface area contributed by atoms with Gasteiger partial charge in [-0.1, -0.05) is 18.9 Å². The van der Waals surface area contributed by atoms with Crippen molar-refractivity contribution >= 4 is 21.7 Å². The van der Waals surface area contributed by atoms with Crippen molar-refractivity contribution in [3.05, 3.63) is 42.1 Å². The minimum absolute atomic E-state index is 0.0858. The molecule has 1 saturated heterocycles. The van der Waals surface area contributed by atoms with E-state index in [-0.39, 0.29) is 28.6 Å². The summed E-state index contributed by atoms with van der Waals surface area (Å²) < 4.78 is 33.0. The number of amides is 1. The first-order chi connectivity index (χ1) is 14.7. The summed E-state index contributed by atoms with van der Waals surface area (Å²) in [6, 6.07) is 7.49. The van der Waals surface area contributed by atoms with Crippen LogP contribution in [0.1, 0.15) is 44.5 Å². The van der Waals surface area contributed by atoms with Crippen molar-refractivity contribution in [3.63, 3.8) is 0 Å². The van der Waals surface area contributed by atoms with Gasteiger partial charge in [0.1, 0.15) is 5.82 Å². The molecule has 0 aliphatic carbocycles. The molecule has 0 saturated carbocycles. The smallest absolute Gasteiger partial charge is 0.281 e. The predicted octanol–water partition coefficient (Wildman–Crippen LogP) is 2.62. The first-order valence-electron chi connectivity index (χ1n) is 9.96. The number of hydrogen-bond acceptors (Lipinski definition) is 7. The molecule has 1 aliphatic heterocycles. The molecule has 1 aliphatic rings. The third kappa shape index (κ3) is 4.80. The zero-order valence-corrected chi connectivity index (χ0v) is 18.9. The summed E-state index contributed by atoms with van der Waals surface area (Å²) in [6.07, 6.45) is 2.56. The van der Waals surface area contributed by atoms with Crippen LogP contribution in [-0.4, -0.2) is 43.0 Å². The van der Waals surface area contributed by atoms with E-state index in [0.717, 1.165) is 13.0 Å². The molecule has 0 aromatic carbocycles. The third-order valence-electron chi connectivity index (χ3n) is 5.64. The molecule has 1 N–H and O–H groups in total. The quantitative estimate of drug-likeness (QED) is 0.686. The fraction of sp³-hybridized carbons (Fsp3) is 0.409. The molecule has 1 atom stereocenters. The molecule has 1 amide bonds. The van der Waals surface area contributed by atoms with Crippen molar-refractivity contribution in [2.24, 2.45) is 5.92 Å². The lowest BCUT2D eigenvalue weighted by atomic mass is 9.90. The molecule has 0 spiro atoms. The van der Waals surface area contributed by atoms with E-state index in [1.165, 1.54) is 18.2 Å². The molecule has 3 heterocycles. The zero-order chi connectivity index (χ0) is 22.6. The topological polar surface area (TPSA) is 101 Å². The number of nitrogens with one attached hydrogen (secondary N) is 1. The van der Waals surface area contributed by atoms with E-state index in [4.69, 9.17) is 4.74 Å². The normalized spacial score (nSPS) is 17.5. The van der Waals surface area contributed by atoms with Gasteiger partial charge >= 0.3 is 0 Å². The maximum Gasteiger partial charge on any atom is 0.281 e. The Hall–Kier alpha value is -3.12. The second-order valence-corrected chi connectivity index (χ2v) is 9.46. The lowest BCUT2D eigenvalue weighted by Crippen LogP contribution is -2.43. The molecule has 2 aromatic heterocycles. The van der Waals surface area contributed by atoms with E-state index in [9.17, 15) is 13.2 Å². The first kappa shape index (κ1) is 22.6. The lowest BCUT2D eigenvalue weighted by molar-refractivity contribution is 0.0981. The molecule has 0 bridgehead atoms. The Kier molecular flexibility index (Phi) is 6.51. The molecule has 31 heavy (non-hydrogen) atoms. The first-order valence-corrected chi connectivity index (χ1v) is 11.4. The molecular formula is C22H26N4O4S. The van der Waals surface area contributed by atoms with Gasteiger partial charge < -0.3 is 9.64 Å². The number of sulfonamides is 1. The van der Waals surface area contributed by atoms with Crippen molar-refractivity contribution in [1.29, 1.82) is 0 Å². The van der Waals surface area contributed by atoms with E-state index < -0.39 is 15.9 Å². The summed E-state index contributed by atoms with van der Waals surface area (Å²) in [6.45, 7) is 8.83. The standard InChI is InChI=1S/C22H26N4O4S/c1-5-6-15-30-18-10-7-11-19(24-18)31(28,29)25-21(27)17-9-8-13-23-20(17)26-14-12-16(2)22(26,3)4/h7-11,13,16H,12,14-15H2,1-4H3,(H,25,27). The molecule has 1 fully saturated rings. The van der Waals surface area contributed by atoms with Crippen LogP contribution in [0.5, 0.6) is 5.88 Å². The van der Waals surface area contributed by atoms with Crippen LogP contribution in [-0.2, 0) is 10.0 Å². The van der Waals surface area contributed by atoms with Gasteiger partial charge in [0.05, 0.1) is 5.56 Å². The van der Waals surface area contributed by atoms with E-state index in [2.05, 4.69) is 52.2 Å². The van der Waals surface area contributed by atoms with Crippen LogP contribution >= 0.6 is 0 Å². The largest absolute Gasteiger partial charge is 0.464 e. The fourth-order valence-corrected chi connectivity index (χ4v) is 4.36. The van der Waals surface area contributed by atoms with Crippen molar-refractivity contribution < 1.29 is 17.9 Å². The van der Waals surface area contributed by atoms with E-state index in [0.29, 0.717) is 11.7 Å². The Balaban J connectivity index is 1.85. The van der Waals surface area contributed by atoms with Gasteiger partial charge in [-0.2, -0.15) is 13.4 Å². The average Bonchev–Trinajstić information content (AvgIpc) is 3.00. The predicted molar refractivity (Wildman–Crippen MR) is 117 cm³/mol. The molecule has 1 unspecified atom stereocenters. The fourth-order valence-electron chi connectivity index (χ4n) is 3.44. The van der Waals surface area contributed by atoms with Crippen LogP contribution in [0.25, 0.3) is 0 Å². The van der Waals surface area contributed by atoms with Crippen LogP contribution in [0.2, 0.25) is 0 Å². The molecule has 0 radical (unpaired) electrons. The van der Waals surface area contributed by atoms with Crippen molar-refractivity contribution in [2.45, 2.75) is 44.7 Å². The van der Waals surface area contributed by atoms with E-state index in [1.54, 1.807) is 25.3 Å². The highest BCUT2D eigenvalue weighted by molar-refractivity contribution is 7.90. The van der Waals surface area contributed by atoms with E-state index >= 15 is 0 Å². The third-order valence-corrected chi connectivity index (χ3v) is 6.88. The van der Waals surface area contributed by atoms with Crippen molar-refractivity contribution in [2.75, 3.05) is 18.1 Å². The van der Waals surface area contributed by atoms with Gasteiger partial charge in [-0.05, 0) is 51.3 Å². The van der Waals surface area contributed by atoms with Crippen LogP contribution in [0.15, 0.2) is 41.6 Å². The van der Waals surface area contributed by atoms with Gasteiger partial charge in [-0.3, -0.25) is 4.79 Å². The number of aromatic nitrogens is 2. The highest BCUT2D eigenvalue weighted by atomic mass is 32.2. The second kappa shape index (κ2) is 8.94. The van der Waals surface area contributed by atoms with E-state index in [1.807, 2.05) is 0 Å². The maximum absolute atomic E-state index is 13.0. The Bertz CT molecular complexity index is 1140. The van der Waals surface area contributed by atoms with Crippen molar-refractivity contribution in [1.82, 2.24) is 14.7 Å². The summed E-state index contributed by atoms with van der Waals surface area (Å²) in [5.41, 5.74) is -0.0180. The summed E-state index contributed by atoms with van der Waals surface area (Å²) in [4.78, 5) is 23.4. The average molecular weight is 443 g/mol. The summed E-state index contributed by atoms with van der Waals surface area (Å²) in [5, 5.41) is -0.316. The van der Waals surface area contributed by atoms with Crippen LogP contribution in [0.4, 0.5) is 5.82 Å². The number of carbonyl (C=O) groups excluding carboxylic acids is 1. The van der Waals surface area contributed by atoms with Crippen molar-refractivity contribution in [3.8, 4) is 17.7 Å². The number of pyridine rings is 2. The minimum Gasteiger partial charge on any atom is -0.464 e.